The minimum Gasteiger partial charge on any atom is -0.475 e. The number of hydrogen-bond donors (Lipinski definition) is 2. The number of aromatic amines is 1. The smallest absolute Gasteiger partial charge is 0.475 e. The first-order valence-electron chi connectivity index (χ1n) is 12.0. The number of halogens is 6. The molecule has 4 rings (SSSR count). The Morgan fingerprint density at radius 3 is 2.44 bits per heavy atom. The van der Waals surface area contributed by atoms with Crippen LogP contribution in [0.25, 0.3) is 5.52 Å². The first kappa shape index (κ1) is 30.5. The largest absolute Gasteiger partial charge is 0.490 e. The van der Waals surface area contributed by atoms with E-state index in [0.29, 0.717) is 30.7 Å². The van der Waals surface area contributed by atoms with E-state index >= 15 is 0 Å². The molecule has 1 aromatic carbocycles. The Hall–Kier alpha value is -3.09. The predicted molar refractivity (Wildman–Crippen MR) is 138 cm³/mol. The van der Waals surface area contributed by atoms with Crippen molar-refractivity contribution in [1.82, 2.24) is 19.2 Å². The first-order chi connectivity index (χ1) is 18.3. The molecule has 2 N–H and O–H groups in total. The molecule has 0 bridgehead atoms. The second-order valence-corrected chi connectivity index (χ2v) is 9.66. The monoisotopic (exact) mass is 592 g/mol. The number of nitrogens with one attached hydrogen (secondary N) is 1. The molecule has 8 nitrogen and oxygen atoms in total. The first-order valence-corrected chi connectivity index (χ1v) is 12.8. The van der Waals surface area contributed by atoms with Gasteiger partial charge in [-0.2, -0.15) is 13.2 Å². The number of aromatic nitrogens is 2. The Morgan fingerprint density at radius 2 is 1.79 bits per heavy atom. The number of nitrogens with zero attached hydrogens (tertiary/aromatic N) is 3. The van der Waals surface area contributed by atoms with Crippen LogP contribution in [0.15, 0.2) is 35.3 Å². The predicted octanol–water partition coefficient (Wildman–Crippen LogP) is 4.86. The normalized spacial score (nSPS) is 14.6. The average molecular weight is 593 g/mol. The van der Waals surface area contributed by atoms with E-state index in [2.05, 4.69) is 16.8 Å². The van der Waals surface area contributed by atoms with E-state index in [1.54, 1.807) is 27.6 Å². The maximum absolute atomic E-state index is 14.6. The molecule has 0 spiro atoms. The van der Waals surface area contributed by atoms with Crippen LogP contribution >= 0.6 is 23.2 Å². The Morgan fingerprint density at radius 1 is 1.10 bits per heavy atom. The molecule has 0 saturated carbocycles. The zero-order valence-electron chi connectivity index (χ0n) is 20.8. The Labute approximate surface area is 230 Å². The lowest BCUT2D eigenvalue weighted by Crippen LogP contribution is -2.35. The van der Waals surface area contributed by atoms with Crippen molar-refractivity contribution in [1.29, 1.82) is 0 Å². The fourth-order valence-corrected chi connectivity index (χ4v) is 4.70. The van der Waals surface area contributed by atoms with Gasteiger partial charge in [0.05, 0.1) is 10.6 Å². The van der Waals surface area contributed by atoms with Gasteiger partial charge in [-0.05, 0) is 49.7 Å². The van der Waals surface area contributed by atoms with Crippen molar-refractivity contribution in [2.24, 2.45) is 0 Å². The summed E-state index contributed by atoms with van der Waals surface area (Å²) in [6.07, 6.45) is -1.25. The second kappa shape index (κ2) is 12.8. The molecule has 1 aliphatic rings. The Kier molecular flexibility index (Phi) is 10.0. The van der Waals surface area contributed by atoms with Crippen LogP contribution in [0.1, 0.15) is 41.4 Å². The summed E-state index contributed by atoms with van der Waals surface area (Å²) in [6, 6.07) is 6.04. The number of carbonyl (C=O) groups is 2. The number of rotatable bonds is 5. The summed E-state index contributed by atoms with van der Waals surface area (Å²) in [7, 11) is 0. The van der Waals surface area contributed by atoms with Gasteiger partial charge in [-0.3, -0.25) is 14.0 Å². The van der Waals surface area contributed by atoms with Gasteiger partial charge in [-0.25, -0.2) is 9.18 Å². The van der Waals surface area contributed by atoms with Crippen LogP contribution in [0.3, 0.4) is 0 Å². The van der Waals surface area contributed by atoms with Gasteiger partial charge in [0.2, 0.25) is 0 Å². The summed E-state index contributed by atoms with van der Waals surface area (Å²) < 4.78 is 47.9. The summed E-state index contributed by atoms with van der Waals surface area (Å²) in [5, 5.41) is 7.64. The molecule has 0 unspecified atom stereocenters. The molecule has 0 aliphatic carbocycles. The van der Waals surface area contributed by atoms with Crippen molar-refractivity contribution in [2.45, 2.75) is 32.4 Å². The minimum atomic E-state index is -5.08. The van der Waals surface area contributed by atoms with E-state index in [-0.39, 0.29) is 27.2 Å². The van der Waals surface area contributed by atoms with Crippen molar-refractivity contribution in [2.75, 3.05) is 32.7 Å². The summed E-state index contributed by atoms with van der Waals surface area (Å²) >= 11 is 12.4. The molecular weight excluding hydrogens is 567 g/mol. The van der Waals surface area contributed by atoms with E-state index in [9.17, 15) is 27.2 Å². The molecule has 3 aromatic rings. The van der Waals surface area contributed by atoms with E-state index < -0.39 is 18.0 Å². The summed E-state index contributed by atoms with van der Waals surface area (Å²) in [5.74, 6) is -3.59. The van der Waals surface area contributed by atoms with Gasteiger partial charge in [0.25, 0.3) is 11.5 Å². The van der Waals surface area contributed by atoms with E-state index in [1.165, 1.54) is 12.1 Å². The highest BCUT2D eigenvalue weighted by atomic mass is 35.5. The quantitative estimate of drug-likeness (QED) is 0.413. The molecule has 3 heterocycles. The number of fused-ring (bicyclic) bond motifs is 1. The molecule has 212 valence electrons. The molecule has 1 fully saturated rings. The summed E-state index contributed by atoms with van der Waals surface area (Å²) in [5.41, 5.74) is 1.48. The van der Waals surface area contributed by atoms with Gasteiger partial charge in [-0.15, -0.1) is 0 Å². The standard InChI is InChI=1S/C23H25Cl2FN4O2.C2HF3O2/c1-2-6-28-7-3-8-29(10-9-28)23(32)17-12-15(4-5-19(17)26)11-16-14-27-22(31)20-13-18(24)21(25)30(16)20;3-2(4,5)1(6)7/h4-5,12-14H,2-3,6-11H2,1H3,(H,27,31);(H,6,7). The van der Waals surface area contributed by atoms with Gasteiger partial charge in [0.1, 0.15) is 16.5 Å². The zero-order valence-corrected chi connectivity index (χ0v) is 22.3. The number of carboxylic acid groups (broad SMARTS) is 1. The van der Waals surface area contributed by atoms with Crippen molar-refractivity contribution < 1.29 is 32.3 Å². The highest BCUT2D eigenvalue weighted by molar-refractivity contribution is 6.42. The van der Waals surface area contributed by atoms with Gasteiger partial charge >= 0.3 is 12.1 Å². The molecule has 1 amide bonds. The lowest BCUT2D eigenvalue weighted by molar-refractivity contribution is -0.192. The molecule has 39 heavy (non-hydrogen) atoms. The van der Waals surface area contributed by atoms with Gasteiger partial charge in [0, 0.05) is 37.9 Å². The van der Waals surface area contributed by atoms with Crippen LogP contribution in [0, 0.1) is 5.82 Å². The van der Waals surface area contributed by atoms with Crippen LogP contribution in [-0.4, -0.2) is 75.1 Å². The molecule has 0 atom stereocenters. The van der Waals surface area contributed by atoms with Crippen molar-refractivity contribution in [3.63, 3.8) is 0 Å². The van der Waals surface area contributed by atoms with Gasteiger partial charge in [0.15, 0.2) is 0 Å². The highest BCUT2D eigenvalue weighted by Gasteiger charge is 2.38. The number of carboxylic acids is 1. The maximum Gasteiger partial charge on any atom is 0.490 e. The SMILES string of the molecule is CCCN1CCCN(C(=O)c2cc(Cc3c[nH]c(=O)c4cc(Cl)c(Cl)n34)ccc2F)CC1.O=C(O)C(F)(F)F. The number of hydrogen-bond acceptors (Lipinski definition) is 4. The third kappa shape index (κ3) is 7.52. The van der Waals surface area contributed by atoms with E-state index in [0.717, 1.165) is 38.0 Å². The number of alkyl halides is 3. The molecular formula is C25H26Cl2F4N4O4. The van der Waals surface area contributed by atoms with Gasteiger partial charge in [-0.1, -0.05) is 36.2 Å². The van der Waals surface area contributed by atoms with E-state index in [4.69, 9.17) is 33.1 Å². The highest BCUT2D eigenvalue weighted by Crippen LogP contribution is 2.27. The van der Waals surface area contributed by atoms with Crippen LogP contribution < -0.4 is 5.56 Å². The van der Waals surface area contributed by atoms with Crippen LogP contribution in [0.2, 0.25) is 10.2 Å². The lowest BCUT2D eigenvalue weighted by Gasteiger charge is -2.22. The number of carbonyl (C=O) groups excluding carboxylic acids is 1. The minimum absolute atomic E-state index is 0.0590. The van der Waals surface area contributed by atoms with Gasteiger partial charge < -0.3 is 19.9 Å². The number of aliphatic carboxylic acids is 1. The molecule has 1 saturated heterocycles. The molecule has 1 aliphatic heterocycles. The summed E-state index contributed by atoms with van der Waals surface area (Å²) in [4.78, 5) is 40.9. The fourth-order valence-electron chi connectivity index (χ4n) is 4.26. The second-order valence-electron chi connectivity index (χ2n) is 8.89. The lowest BCUT2D eigenvalue weighted by atomic mass is 10.0. The van der Waals surface area contributed by atoms with Crippen molar-refractivity contribution >= 4 is 40.6 Å². The fraction of sp³-hybridized carbons (Fsp3) is 0.400. The maximum atomic E-state index is 14.6. The van der Waals surface area contributed by atoms with Crippen molar-refractivity contribution in [3.8, 4) is 0 Å². The topological polar surface area (TPSA) is 98.1 Å². The molecule has 14 heteroatoms. The van der Waals surface area contributed by atoms with E-state index in [1.807, 2.05) is 0 Å². The number of amides is 1. The molecule has 2 aromatic heterocycles. The Balaban J connectivity index is 0.000000532. The summed E-state index contributed by atoms with van der Waals surface area (Å²) in [6.45, 7) is 6.08. The Bertz CT molecular complexity index is 1410. The molecule has 0 radical (unpaired) electrons. The zero-order chi connectivity index (χ0) is 28.9. The third-order valence-corrected chi connectivity index (χ3v) is 6.85. The third-order valence-electron chi connectivity index (χ3n) is 6.09. The van der Waals surface area contributed by atoms with Crippen LogP contribution in [-0.2, 0) is 11.2 Å². The number of H-pyrrole nitrogens is 1. The van der Waals surface area contributed by atoms with Crippen LogP contribution in [0.4, 0.5) is 17.6 Å². The van der Waals surface area contributed by atoms with Crippen LogP contribution in [0.5, 0.6) is 0 Å². The van der Waals surface area contributed by atoms with Crippen molar-refractivity contribution in [3.05, 3.63) is 73.6 Å². The average Bonchev–Trinajstić information content (AvgIpc) is 3.03. The number of benzene rings is 1.